The van der Waals surface area contributed by atoms with Crippen LogP contribution in [0.25, 0.3) is 0 Å². The number of rotatable bonds is 20. The quantitative estimate of drug-likeness (QED) is 0.0418. The maximum Gasteiger partial charge on any atom is 0.258 e. The molecule has 1 aliphatic carbocycles. The van der Waals surface area contributed by atoms with E-state index in [2.05, 4.69) is 77.3 Å². The summed E-state index contributed by atoms with van der Waals surface area (Å²) in [5.74, 6) is 3.69. The van der Waals surface area contributed by atoms with Crippen LogP contribution < -0.4 is 28.7 Å². The molecule has 74 heavy (non-hydrogen) atoms. The zero-order valence-corrected chi connectivity index (χ0v) is 42.3. The van der Waals surface area contributed by atoms with Crippen molar-refractivity contribution in [3.63, 3.8) is 0 Å². The second kappa shape index (κ2) is 21.8. The largest absolute Gasteiger partial charge is 0.493 e. The summed E-state index contributed by atoms with van der Waals surface area (Å²) in [5.41, 5.74) is 7.62. The summed E-state index contributed by atoms with van der Waals surface area (Å²) < 4.78 is 29.4. The molecule has 0 radical (unpaired) electrons. The monoisotopic (exact) mass is 988 g/mol. The Kier molecular flexibility index (Phi) is 14.9. The highest BCUT2D eigenvalue weighted by atomic mass is 16.6. The summed E-state index contributed by atoms with van der Waals surface area (Å²) in [6.07, 6.45) is 13.3. The van der Waals surface area contributed by atoms with Gasteiger partial charge in [-0.3, -0.25) is 19.2 Å². The minimum atomic E-state index is -0.362. The molecule has 2 fully saturated rings. The first kappa shape index (κ1) is 50.7. The maximum atomic E-state index is 11.9. The van der Waals surface area contributed by atoms with Gasteiger partial charge in [-0.05, 0) is 150 Å². The van der Waals surface area contributed by atoms with Crippen LogP contribution in [0.4, 0.5) is 11.4 Å². The van der Waals surface area contributed by atoms with E-state index in [9.17, 15) is 19.2 Å². The van der Waals surface area contributed by atoms with Crippen LogP contribution in [0, 0.1) is 5.92 Å². The lowest BCUT2D eigenvalue weighted by Crippen LogP contribution is -2.29. The van der Waals surface area contributed by atoms with Crippen molar-refractivity contribution >= 4 is 35.0 Å². The van der Waals surface area contributed by atoms with Gasteiger partial charge in [-0.15, -0.1) is 13.2 Å². The van der Waals surface area contributed by atoms with Gasteiger partial charge in [-0.1, -0.05) is 88.4 Å². The van der Waals surface area contributed by atoms with Crippen LogP contribution in [0.1, 0.15) is 73.9 Å². The first-order valence-corrected chi connectivity index (χ1v) is 24.9. The smallest absolute Gasteiger partial charge is 0.258 e. The molecule has 0 spiro atoms. The van der Waals surface area contributed by atoms with Crippen molar-refractivity contribution in [3.8, 4) is 34.5 Å². The molecule has 1 saturated carbocycles. The lowest BCUT2D eigenvalue weighted by Gasteiger charge is -2.28. The molecule has 4 amide bonds. The zero-order chi connectivity index (χ0) is 52.0. The van der Waals surface area contributed by atoms with Crippen molar-refractivity contribution < 1.29 is 42.9 Å². The number of hydrogen-bond acceptors (Lipinski definition) is 9. The number of carbonyl (C=O) groups excluding carboxylic acids is 4. The van der Waals surface area contributed by atoms with E-state index in [-0.39, 0.29) is 40.6 Å². The molecular weight excluding hydrogens is 929 g/mol. The summed E-state index contributed by atoms with van der Waals surface area (Å²) in [6.45, 7) is 18.9. The molecule has 1 atom stereocenters. The van der Waals surface area contributed by atoms with Crippen LogP contribution in [0.5, 0.6) is 34.5 Å². The highest BCUT2D eigenvalue weighted by Crippen LogP contribution is 2.39. The molecule has 3 aliphatic heterocycles. The van der Waals surface area contributed by atoms with Crippen LogP contribution in [0.3, 0.4) is 0 Å². The molecule has 376 valence electrons. The zero-order valence-electron chi connectivity index (χ0n) is 42.3. The van der Waals surface area contributed by atoms with E-state index in [0.717, 1.165) is 70.0 Å². The number of epoxide rings is 1. The van der Waals surface area contributed by atoms with E-state index in [4.69, 9.17) is 23.7 Å². The van der Waals surface area contributed by atoms with Crippen LogP contribution in [0.15, 0.2) is 183 Å². The Balaban J connectivity index is 0.000000192. The number of allylic oxidation sites excluding steroid dienone is 2. The third-order valence-electron chi connectivity index (χ3n) is 13.7. The number of nitrogens with zero attached hydrogens (tertiary/aromatic N) is 2. The van der Waals surface area contributed by atoms with E-state index >= 15 is 0 Å². The molecule has 0 bridgehead atoms. The maximum absolute atomic E-state index is 11.9. The summed E-state index contributed by atoms with van der Waals surface area (Å²) in [6, 6.07) is 42.4. The molecule has 10 rings (SSSR count). The fraction of sp³-hybridized carbons (Fsp3) is 0.238. The van der Waals surface area contributed by atoms with E-state index in [0.29, 0.717) is 41.0 Å². The van der Waals surface area contributed by atoms with Gasteiger partial charge < -0.3 is 23.7 Å². The van der Waals surface area contributed by atoms with E-state index in [1.54, 1.807) is 48.5 Å². The first-order valence-electron chi connectivity index (χ1n) is 24.9. The van der Waals surface area contributed by atoms with E-state index in [1.807, 2.05) is 60.7 Å². The summed E-state index contributed by atoms with van der Waals surface area (Å²) in [5, 5.41) is 0. The average Bonchev–Trinajstić information content (AvgIpc) is 4.35. The normalized spacial score (nSPS) is 16.0. The lowest BCUT2D eigenvalue weighted by molar-refractivity contribution is -0.121. The van der Waals surface area contributed by atoms with Crippen molar-refractivity contribution in [2.24, 2.45) is 5.92 Å². The van der Waals surface area contributed by atoms with E-state index in [1.165, 1.54) is 53.8 Å². The Morgan fingerprint density at radius 1 is 0.500 bits per heavy atom. The molecule has 1 unspecified atom stereocenters. The van der Waals surface area contributed by atoms with Crippen LogP contribution in [-0.4, -0.2) is 49.6 Å². The lowest BCUT2D eigenvalue weighted by atomic mass is 9.76. The highest BCUT2D eigenvalue weighted by molar-refractivity contribution is 6.28. The number of amides is 4. The van der Waals surface area contributed by atoms with Gasteiger partial charge in [0, 0.05) is 35.1 Å². The third kappa shape index (κ3) is 11.8. The number of ether oxygens (including phenoxy) is 5. The van der Waals surface area contributed by atoms with Crippen molar-refractivity contribution in [2.45, 2.75) is 70.3 Å². The molecule has 1 saturated heterocycles. The fourth-order valence-corrected chi connectivity index (χ4v) is 8.81. The van der Waals surface area contributed by atoms with Crippen LogP contribution in [-0.2, 0) is 47.6 Å². The second-order valence-electron chi connectivity index (χ2n) is 19.8. The van der Waals surface area contributed by atoms with Gasteiger partial charge in [0.2, 0.25) is 0 Å². The van der Waals surface area contributed by atoms with Gasteiger partial charge in [-0.25, -0.2) is 9.80 Å². The van der Waals surface area contributed by atoms with Gasteiger partial charge in [0.25, 0.3) is 23.6 Å². The van der Waals surface area contributed by atoms with Crippen LogP contribution in [0.2, 0.25) is 0 Å². The SMILES string of the molecule is C=CCc1cc(C(C)(C)c2ccc(OCC3CO3)c(CC=C)c2)ccc1OCC1CC1.CC(C)(c1ccc(Oc2ccc(N3C(=O)C=CC3=O)cc2)cc1)c1ccc(Oc2ccc(N3C(=O)C=CC3=O)cc2)cc1. The Bertz CT molecular complexity index is 2880. The number of imide groups is 2. The summed E-state index contributed by atoms with van der Waals surface area (Å²) in [7, 11) is 0. The van der Waals surface area contributed by atoms with Crippen molar-refractivity contribution in [1.82, 2.24) is 0 Å². The van der Waals surface area contributed by atoms with Gasteiger partial charge >= 0.3 is 0 Å². The minimum Gasteiger partial charge on any atom is -0.493 e. The first-order chi connectivity index (χ1) is 35.7. The number of anilines is 2. The minimum absolute atomic E-state index is 0.154. The fourth-order valence-electron chi connectivity index (χ4n) is 8.81. The number of hydrogen-bond donors (Lipinski definition) is 0. The second-order valence-corrected chi connectivity index (χ2v) is 19.8. The van der Waals surface area contributed by atoms with Crippen LogP contribution >= 0.6 is 0 Å². The molecule has 11 nitrogen and oxygen atoms in total. The topological polar surface area (TPSA) is 124 Å². The van der Waals surface area contributed by atoms with Gasteiger partial charge in [0.05, 0.1) is 24.6 Å². The standard InChI is InChI=1S/C35H26N2O6.C28H34O3/c1-35(2,23-3-11-27(12-4-23)42-29-15-7-25(8-16-29)36-31(38)19-20-32(36)39)24-5-13-28(14-6-24)43-30-17-9-26(10-18-30)37-33(40)21-22-34(37)41;1-5-7-21-15-23(11-13-26(21)30-17-20-9-10-20)28(3,4)24-12-14-27(22(16-24)8-6-2)31-19-25-18-29-25/h3-22H,1-2H3;5-6,11-16,20,25H,1-2,7-10,17-19H2,3-4H3. The molecule has 4 aliphatic rings. The number of benzene rings is 6. The molecular formula is C63H60N2O9. The molecule has 3 heterocycles. The molecule has 11 heteroatoms. The Morgan fingerprint density at radius 2 is 0.838 bits per heavy atom. The third-order valence-corrected chi connectivity index (χ3v) is 13.7. The predicted octanol–water partition coefficient (Wildman–Crippen LogP) is 12.5. The summed E-state index contributed by atoms with van der Waals surface area (Å²) >= 11 is 0. The predicted molar refractivity (Wildman–Crippen MR) is 288 cm³/mol. The molecule has 6 aromatic carbocycles. The number of carbonyl (C=O) groups is 4. The van der Waals surface area contributed by atoms with Gasteiger partial charge in [0.15, 0.2) is 0 Å². The van der Waals surface area contributed by atoms with E-state index < -0.39 is 0 Å². The Labute approximate surface area is 433 Å². The highest BCUT2D eigenvalue weighted by Gasteiger charge is 2.30. The molecule has 0 aromatic heterocycles. The van der Waals surface area contributed by atoms with Gasteiger partial charge in [-0.2, -0.15) is 0 Å². The average molecular weight is 989 g/mol. The molecule has 0 N–H and O–H groups in total. The molecule has 6 aromatic rings. The van der Waals surface area contributed by atoms with Crippen molar-refractivity contribution in [2.75, 3.05) is 29.6 Å². The Morgan fingerprint density at radius 3 is 1.19 bits per heavy atom. The van der Waals surface area contributed by atoms with Crippen molar-refractivity contribution in [1.29, 1.82) is 0 Å². The Hall–Kier alpha value is -8.28. The summed E-state index contributed by atoms with van der Waals surface area (Å²) in [4.78, 5) is 49.8. The van der Waals surface area contributed by atoms with Gasteiger partial charge in [0.1, 0.15) is 47.2 Å². The van der Waals surface area contributed by atoms with Crippen molar-refractivity contribution in [3.05, 3.63) is 216 Å².